The molecular weight excluding hydrogens is 358 g/mol. The Morgan fingerprint density at radius 3 is 2.21 bits per heavy atom. The number of rotatable bonds is 7. The summed E-state index contributed by atoms with van der Waals surface area (Å²) < 4.78 is 10.9. The van der Waals surface area contributed by atoms with E-state index < -0.39 is 23.9 Å². The van der Waals surface area contributed by atoms with Crippen LogP contribution in [0.25, 0.3) is 0 Å². The van der Waals surface area contributed by atoms with Crippen LogP contribution < -0.4 is 0 Å². The highest BCUT2D eigenvalue weighted by Crippen LogP contribution is 2.28. The topological polar surface area (TPSA) is 76.1 Å². The molecule has 0 aliphatic carbocycles. The van der Waals surface area contributed by atoms with E-state index >= 15 is 0 Å². The highest BCUT2D eigenvalue weighted by atomic mass is 16.5. The molecule has 1 N–H and O–H groups in total. The van der Waals surface area contributed by atoms with Gasteiger partial charge in [0.15, 0.2) is 0 Å². The van der Waals surface area contributed by atoms with E-state index in [1.54, 1.807) is 7.11 Å². The summed E-state index contributed by atoms with van der Waals surface area (Å²) in [6.07, 6.45) is 0.0328. The second kappa shape index (κ2) is 9.48. The fourth-order valence-corrected chi connectivity index (χ4v) is 3.63. The van der Waals surface area contributed by atoms with Gasteiger partial charge in [0.25, 0.3) is 0 Å². The van der Waals surface area contributed by atoms with Crippen molar-refractivity contribution in [1.29, 1.82) is 0 Å². The number of carboxylic acids is 1. The van der Waals surface area contributed by atoms with Gasteiger partial charge in [-0.25, -0.2) is 0 Å². The summed E-state index contributed by atoms with van der Waals surface area (Å²) in [5.41, 5.74) is 1.87. The predicted molar refractivity (Wildman–Crippen MR) is 103 cm³/mol. The number of benzene rings is 2. The quantitative estimate of drug-likeness (QED) is 0.741. The molecule has 0 aromatic heterocycles. The lowest BCUT2D eigenvalue weighted by atomic mass is 9.87. The van der Waals surface area contributed by atoms with Crippen molar-refractivity contribution < 1.29 is 24.2 Å². The molecule has 6 heteroatoms. The maximum atomic E-state index is 12.9. The van der Waals surface area contributed by atoms with Crippen LogP contribution in [0.3, 0.4) is 0 Å². The summed E-state index contributed by atoms with van der Waals surface area (Å²) in [6.45, 7) is 1.05. The van der Waals surface area contributed by atoms with Crippen LogP contribution in [0.2, 0.25) is 0 Å². The van der Waals surface area contributed by atoms with Gasteiger partial charge in [0.2, 0.25) is 0 Å². The minimum atomic E-state index is -1.01. The van der Waals surface area contributed by atoms with Crippen LogP contribution >= 0.6 is 0 Å². The van der Waals surface area contributed by atoms with Gasteiger partial charge in [0.05, 0.1) is 12.0 Å². The van der Waals surface area contributed by atoms with Gasteiger partial charge < -0.3 is 14.6 Å². The number of ether oxygens (including phenoxy) is 2. The summed E-state index contributed by atoms with van der Waals surface area (Å²) in [6, 6.07) is 18.2. The van der Waals surface area contributed by atoms with Crippen LogP contribution in [0.15, 0.2) is 60.7 Å². The largest absolute Gasteiger partial charge is 0.481 e. The van der Waals surface area contributed by atoms with Gasteiger partial charge in [-0.3, -0.25) is 14.5 Å². The standard InChI is InChI=1S/C22H25NO5/c1-27-18-12-19(21(24)25)20(22(26)28-15-17-10-6-3-7-11-17)23(14-18)13-16-8-4-2-5-9-16/h2-11,18-20H,12-15H2,1H3,(H,24,25)/t18-,19-,20-/m0/s1. The maximum absolute atomic E-state index is 12.9. The summed E-state index contributed by atoms with van der Waals surface area (Å²) in [4.78, 5) is 26.7. The number of nitrogens with zero attached hydrogens (tertiary/aromatic N) is 1. The first-order chi connectivity index (χ1) is 13.6. The number of methoxy groups -OCH3 is 1. The second-order valence-corrected chi connectivity index (χ2v) is 6.99. The molecule has 2 aromatic rings. The SMILES string of the molecule is CO[C@H]1C[C@H](C(=O)O)[C@@H](C(=O)OCc2ccccc2)N(Cc2ccccc2)C1. The fraction of sp³-hybridized carbons (Fsp3) is 0.364. The molecule has 1 heterocycles. The highest BCUT2D eigenvalue weighted by Gasteiger charge is 2.45. The minimum absolute atomic E-state index is 0.120. The minimum Gasteiger partial charge on any atom is -0.481 e. The number of carboxylic acid groups (broad SMARTS) is 1. The molecule has 2 aromatic carbocycles. The van der Waals surface area contributed by atoms with E-state index in [-0.39, 0.29) is 19.1 Å². The van der Waals surface area contributed by atoms with Crippen LogP contribution in [0.1, 0.15) is 17.5 Å². The first kappa shape index (κ1) is 20.0. The Morgan fingerprint density at radius 1 is 1.04 bits per heavy atom. The van der Waals surface area contributed by atoms with Gasteiger partial charge in [0.1, 0.15) is 12.6 Å². The molecular formula is C22H25NO5. The third-order valence-electron chi connectivity index (χ3n) is 5.07. The van der Waals surface area contributed by atoms with Gasteiger partial charge in [-0.15, -0.1) is 0 Å². The van der Waals surface area contributed by atoms with Gasteiger partial charge in [-0.05, 0) is 17.5 Å². The molecule has 28 heavy (non-hydrogen) atoms. The van der Waals surface area contributed by atoms with E-state index in [1.165, 1.54) is 0 Å². The van der Waals surface area contributed by atoms with Crippen molar-refractivity contribution in [3.63, 3.8) is 0 Å². The monoisotopic (exact) mass is 383 g/mol. The normalized spacial score (nSPS) is 22.5. The van der Waals surface area contributed by atoms with E-state index in [1.807, 2.05) is 65.6 Å². The molecule has 0 unspecified atom stereocenters. The lowest BCUT2D eigenvalue weighted by Crippen LogP contribution is -2.56. The number of aliphatic carboxylic acids is 1. The summed E-state index contributed by atoms with van der Waals surface area (Å²) in [5.74, 6) is -2.41. The highest BCUT2D eigenvalue weighted by molar-refractivity contribution is 5.84. The van der Waals surface area contributed by atoms with Crippen LogP contribution in [-0.4, -0.2) is 47.7 Å². The molecule has 1 aliphatic heterocycles. The number of carbonyl (C=O) groups is 2. The second-order valence-electron chi connectivity index (χ2n) is 6.99. The summed E-state index contributed by atoms with van der Waals surface area (Å²) in [7, 11) is 1.57. The molecule has 3 atom stereocenters. The van der Waals surface area contributed by atoms with Crippen LogP contribution in [0, 0.1) is 5.92 Å². The Balaban J connectivity index is 1.80. The van der Waals surface area contributed by atoms with Gasteiger partial charge in [-0.2, -0.15) is 0 Å². The Labute approximate surface area is 164 Å². The number of carbonyl (C=O) groups excluding carboxylic acids is 1. The van der Waals surface area contributed by atoms with Crippen molar-refractivity contribution in [2.75, 3.05) is 13.7 Å². The molecule has 6 nitrogen and oxygen atoms in total. The Hall–Kier alpha value is -2.70. The zero-order chi connectivity index (χ0) is 19.9. The molecule has 0 amide bonds. The first-order valence-corrected chi connectivity index (χ1v) is 9.32. The summed E-state index contributed by atoms with van der Waals surface area (Å²) in [5, 5.41) is 9.75. The molecule has 0 saturated carbocycles. The van der Waals surface area contributed by atoms with Gasteiger partial charge in [-0.1, -0.05) is 60.7 Å². The van der Waals surface area contributed by atoms with Crippen LogP contribution in [0.5, 0.6) is 0 Å². The number of piperidine rings is 1. The van der Waals surface area contributed by atoms with Gasteiger partial charge in [0, 0.05) is 20.2 Å². The zero-order valence-corrected chi connectivity index (χ0v) is 15.9. The molecule has 0 radical (unpaired) electrons. The maximum Gasteiger partial charge on any atom is 0.324 e. The molecule has 1 saturated heterocycles. The lowest BCUT2D eigenvalue weighted by Gasteiger charge is -2.41. The lowest BCUT2D eigenvalue weighted by molar-refractivity contribution is -0.167. The van der Waals surface area contributed by atoms with Crippen molar-refractivity contribution in [3.8, 4) is 0 Å². The van der Waals surface area contributed by atoms with E-state index in [0.29, 0.717) is 13.1 Å². The Kier molecular flexibility index (Phi) is 6.79. The predicted octanol–water partition coefficient (Wildman–Crippen LogP) is 2.72. The number of esters is 1. The number of hydrogen-bond donors (Lipinski definition) is 1. The van der Waals surface area contributed by atoms with Gasteiger partial charge >= 0.3 is 11.9 Å². The number of hydrogen-bond acceptors (Lipinski definition) is 5. The molecule has 0 spiro atoms. The molecule has 3 rings (SSSR count). The molecule has 0 bridgehead atoms. The first-order valence-electron chi connectivity index (χ1n) is 9.32. The Morgan fingerprint density at radius 2 is 1.64 bits per heavy atom. The van der Waals surface area contributed by atoms with Crippen molar-refractivity contribution in [2.45, 2.75) is 31.7 Å². The smallest absolute Gasteiger partial charge is 0.324 e. The molecule has 148 valence electrons. The summed E-state index contributed by atoms with van der Waals surface area (Å²) >= 11 is 0. The van der Waals surface area contributed by atoms with E-state index in [2.05, 4.69) is 0 Å². The third kappa shape index (κ3) is 4.97. The van der Waals surface area contributed by atoms with E-state index in [9.17, 15) is 14.7 Å². The third-order valence-corrected chi connectivity index (χ3v) is 5.07. The van der Waals surface area contributed by atoms with Crippen LogP contribution in [0.4, 0.5) is 0 Å². The molecule has 1 aliphatic rings. The van der Waals surface area contributed by atoms with Crippen molar-refractivity contribution in [3.05, 3.63) is 71.8 Å². The average Bonchev–Trinajstić information content (AvgIpc) is 2.73. The van der Waals surface area contributed by atoms with Crippen molar-refractivity contribution in [1.82, 2.24) is 4.90 Å². The Bertz CT molecular complexity index is 780. The van der Waals surface area contributed by atoms with E-state index in [4.69, 9.17) is 9.47 Å². The van der Waals surface area contributed by atoms with Crippen molar-refractivity contribution >= 4 is 11.9 Å². The zero-order valence-electron chi connectivity index (χ0n) is 15.9. The fourth-order valence-electron chi connectivity index (χ4n) is 3.63. The number of likely N-dealkylation sites (tertiary alicyclic amines) is 1. The average molecular weight is 383 g/mol. The molecule has 1 fully saturated rings. The van der Waals surface area contributed by atoms with Crippen LogP contribution in [-0.2, 0) is 32.2 Å². The van der Waals surface area contributed by atoms with Crippen molar-refractivity contribution in [2.24, 2.45) is 5.92 Å². The van der Waals surface area contributed by atoms with E-state index in [0.717, 1.165) is 11.1 Å².